The summed E-state index contributed by atoms with van der Waals surface area (Å²) in [7, 11) is -1.66. The molecule has 3 aromatic rings. The molecule has 0 aromatic heterocycles. The number of aryl methyl sites for hydroxylation is 6. The Morgan fingerprint density at radius 3 is 1.40 bits per heavy atom. The Balaban J connectivity index is 1.85. The van der Waals surface area contributed by atoms with Gasteiger partial charge in [-0.15, -0.1) is 5.73 Å². The van der Waals surface area contributed by atoms with Crippen molar-refractivity contribution in [3.05, 3.63) is 128 Å². The highest BCUT2D eigenvalue weighted by Crippen LogP contribution is 2.62. The minimum absolute atomic E-state index is 0.527. The van der Waals surface area contributed by atoms with Crippen LogP contribution in [0.3, 0.4) is 0 Å². The molecule has 0 spiro atoms. The van der Waals surface area contributed by atoms with Crippen LogP contribution >= 0.6 is 16.1 Å². The van der Waals surface area contributed by atoms with Gasteiger partial charge < -0.3 is 0 Å². The molecule has 3 heteroatoms. The van der Waals surface area contributed by atoms with Crippen molar-refractivity contribution in [1.82, 2.24) is 4.44 Å². The van der Waals surface area contributed by atoms with Gasteiger partial charge in [-0.3, -0.25) is 0 Å². The minimum Gasteiger partial charge on any atom is -0.241 e. The lowest BCUT2D eigenvalue weighted by molar-refractivity contribution is 0.355. The van der Waals surface area contributed by atoms with Gasteiger partial charge in [-0.05, 0) is 144 Å². The Hall–Kier alpha value is -2.52. The Kier molecular flexibility index (Phi) is 9.88. The molecule has 0 heterocycles. The van der Waals surface area contributed by atoms with Crippen LogP contribution in [0.4, 0.5) is 0 Å². The van der Waals surface area contributed by atoms with E-state index in [-0.39, 0.29) is 0 Å². The molecule has 0 amide bonds. The van der Waals surface area contributed by atoms with Crippen molar-refractivity contribution in [2.45, 2.75) is 93.5 Å². The number of benzene rings is 3. The smallest absolute Gasteiger partial charge is 0.0407 e. The molecule has 2 aliphatic carbocycles. The van der Waals surface area contributed by atoms with Crippen LogP contribution < -0.4 is 15.9 Å². The molecule has 1 atom stereocenters. The zero-order chi connectivity index (χ0) is 30.0. The highest BCUT2D eigenvalue weighted by atomic mass is 31.2. The lowest BCUT2D eigenvalue weighted by Gasteiger charge is -2.45. The third kappa shape index (κ3) is 7.33. The standard InChI is InChI=1S/C39H47NP2/c1-27-14-15-36(20-28(2)16-27)41(37-21-29(3)17-30(4)22-37)40(35-12-10-9-11-13-35)42(38-23-31(5)18-32(6)24-38)39-25-33(7)19-34(8)26-39/h14,16-26,35H,9-13H2,1-8H3. The molecule has 0 bridgehead atoms. The number of nitrogens with zero attached hydrogens (tertiary/aromatic N) is 1. The minimum atomic E-state index is -0.854. The predicted molar refractivity (Wildman–Crippen MR) is 188 cm³/mol. The number of hydrogen-bond donors (Lipinski definition) is 0. The molecule has 5 rings (SSSR count). The monoisotopic (exact) mass is 591 g/mol. The molecule has 1 nitrogen and oxygen atoms in total. The summed E-state index contributed by atoms with van der Waals surface area (Å²) in [6, 6.07) is 22.3. The second-order valence-electron chi connectivity index (χ2n) is 12.7. The van der Waals surface area contributed by atoms with Crippen LogP contribution in [-0.4, -0.2) is 10.5 Å². The summed E-state index contributed by atoms with van der Waals surface area (Å²) in [5.74, 6) is 0. The number of allylic oxidation sites excluding steroid dienone is 5. The van der Waals surface area contributed by atoms with E-state index in [1.807, 2.05) is 0 Å². The summed E-state index contributed by atoms with van der Waals surface area (Å²) < 4.78 is 3.04. The van der Waals surface area contributed by atoms with Crippen molar-refractivity contribution in [2.75, 3.05) is 0 Å². The number of hydrogen-bond acceptors (Lipinski definition) is 1. The topological polar surface area (TPSA) is 3.24 Å². The van der Waals surface area contributed by atoms with Crippen molar-refractivity contribution >= 4 is 32.1 Å². The quantitative estimate of drug-likeness (QED) is 0.195. The van der Waals surface area contributed by atoms with Gasteiger partial charge in [-0.2, -0.15) is 0 Å². The molecule has 0 aliphatic heterocycles. The summed E-state index contributed by atoms with van der Waals surface area (Å²) in [4.78, 5) is 0. The number of rotatable bonds is 7. The summed E-state index contributed by atoms with van der Waals surface area (Å²) in [5, 5.41) is 5.74. The van der Waals surface area contributed by atoms with Crippen molar-refractivity contribution in [2.24, 2.45) is 0 Å². The van der Waals surface area contributed by atoms with E-state index in [2.05, 4.69) is 138 Å². The van der Waals surface area contributed by atoms with Gasteiger partial charge in [0.15, 0.2) is 0 Å². The summed E-state index contributed by atoms with van der Waals surface area (Å²) in [6.07, 6.45) is 13.4. The third-order valence-electron chi connectivity index (χ3n) is 8.16. The maximum atomic E-state index is 3.87. The van der Waals surface area contributed by atoms with Gasteiger partial charge in [0.1, 0.15) is 0 Å². The van der Waals surface area contributed by atoms with E-state index in [1.165, 1.54) is 97.9 Å². The van der Waals surface area contributed by atoms with Crippen molar-refractivity contribution in [1.29, 1.82) is 0 Å². The summed E-state index contributed by atoms with van der Waals surface area (Å²) >= 11 is 0. The average Bonchev–Trinajstić information content (AvgIpc) is 3.06. The maximum Gasteiger partial charge on any atom is 0.0407 e. The van der Waals surface area contributed by atoms with E-state index in [9.17, 15) is 0 Å². The van der Waals surface area contributed by atoms with E-state index in [0.717, 1.165) is 0 Å². The Morgan fingerprint density at radius 2 is 0.952 bits per heavy atom. The van der Waals surface area contributed by atoms with Crippen molar-refractivity contribution in [3.63, 3.8) is 0 Å². The van der Waals surface area contributed by atoms with Gasteiger partial charge >= 0.3 is 0 Å². The molecule has 1 unspecified atom stereocenters. The first kappa shape index (κ1) is 30.9. The van der Waals surface area contributed by atoms with E-state index < -0.39 is 16.1 Å². The first-order valence-corrected chi connectivity index (χ1v) is 18.1. The molecule has 0 saturated heterocycles. The first-order chi connectivity index (χ1) is 20.1. The van der Waals surface area contributed by atoms with Crippen LogP contribution in [0.25, 0.3) is 0 Å². The van der Waals surface area contributed by atoms with E-state index in [0.29, 0.717) is 6.04 Å². The Morgan fingerprint density at radius 1 is 0.524 bits per heavy atom. The van der Waals surface area contributed by atoms with Gasteiger partial charge in [-0.25, -0.2) is 4.44 Å². The van der Waals surface area contributed by atoms with E-state index in [4.69, 9.17) is 0 Å². The highest BCUT2D eigenvalue weighted by Gasteiger charge is 2.38. The molecule has 3 aromatic carbocycles. The lowest BCUT2D eigenvalue weighted by atomic mass is 9.96. The maximum absolute atomic E-state index is 3.87. The fraction of sp³-hybridized carbons (Fsp3) is 0.359. The Labute approximate surface area is 257 Å². The molecule has 0 radical (unpaired) electrons. The second kappa shape index (κ2) is 13.4. The highest BCUT2D eigenvalue weighted by molar-refractivity contribution is 7.83. The molecule has 1 fully saturated rings. The molecule has 2 aliphatic rings. The third-order valence-corrected chi connectivity index (χ3v) is 13.7. The van der Waals surface area contributed by atoms with Crippen molar-refractivity contribution < 1.29 is 0 Å². The van der Waals surface area contributed by atoms with Gasteiger partial charge in [0.25, 0.3) is 0 Å². The Bertz CT molecular complexity index is 1480. The predicted octanol–water partition coefficient (Wildman–Crippen LogP) is 10.2. The zero-order valence-electron chi connectivity index (χ0n) is 26.9. The normalized spacial score (nSPS) is 16.8. The van der Waals surface area contributed by atoms with Crippen LogP contribution in [0.15, 0.2) is 95.0 Å². The summed E-state index contributed by atoms with van der Waals surface area (Å²) in [6.45, 7) is 18.0. The largest absolute Gasteiger partial charge is 0.241 e. The fourth-order valence-corrected chi connectivity index (χ4v) is 13.7. The average molecular weight is 592 g/mol. The molecular weight excluding hydrogens is 544 g/mol. The van der Waals surface area contributed by atoms with Gasteiger partial charge in [0.2, 0.25) is 0 Å². The fourth-order valence-electron chi connectivity index (χ4n) is 6.71. The van der Waals surface area contributed by atoms with Crippen LogP contribution in [-0.2, 0) is 0 Å². The van der Waals surface area contributed by atoms with E-state index in [1.54, 1.807) is 0 Å². The molecule has 0 N–H and O–H groups in total. The molecule has 42 heavy (non-hydrogen) atoms. The van der Waals surface area contributed by atoms with Crippen molar-refractivity contribution in [3.8, 4) is 0 Å². The summed E-state index contributed by atoms with van der Waals surface area (Å²) in [5.41, 5.74) is 14.5. The van der Waals surface area contributed by atoms with Gasteiger partial charge in [0, 0.05) is 27.5 Å². The van der Waals surface area contributed by atoms with Crippen LogP contribution in [0.5, 0.6) is 0 Å². The van der Waals surface area contributed by atoms with Gasteiger partial charge in [-0.1, -0.05) is 76.9 Å². The molecular formula is C39H47NP2. The van der Waals surface area contributed by atoms with Crippen LogP contribution in [0.1, 0.15) is 79.3 Å². The first-order valence-electron chi connectivity index (χ1n) is 15.5. The van der Waals surface area contributed by atoms with Crippen LogP contribution in [0, 0.1) is 41.5 Å². The zero-order valence-corrected chi connectivity index (χ0v) is 28.7. The lowest BCUT2D eigenvalue weighted by Crippen LogP contribution is -2.37. The van der Waals surface area contributed by atoms with Gasteiger partial charge in [0.05, 0.1) is 0 Å². The molecule has 1 saturated carbocycles. The molecule has 218 valence electrons. The SMILES string of the molecule is CC1=CC(P(c2cc(C)cc(C)c2)N(C2CCCCC2)P(c2cc(C)cc(C)c2)c2cc(C)cc(C)c2)=C=CC(C)=C1. The van der Waals surface area contributed by atoms with E-state index >= 15 is 0 Å². The van der Waals surface area contributed by atoms with Crippen LogP contribution in [0.2, 0.25) is 0 Å². The second-order valence-corrected chi connectivity index (χ2v) is 17.2.